The molecule has 1 atom stereocenters. The number of hydrogen-bond donors (Lipinski definition) is 2. The first-order chi connectivity index (χ1) is 7.19. The van der Waals surface area contributed by atoms with Crippen LogP contribution in [0.4, 0.5) is 13.2 Å². The van der Waals surface area contributed by atoms with E-state index in [4.69, 9.17) is 10.2 Å². The SMILES string of the molecule is CC(C)C(C(=O)O)N(CCO)CC(F)(F)F. The maximum absolute atomic E-state index is 12.2. The van der Waals surface area contributed by atoms with Gasteiger partial charge in [-0.15, -0.1) is 0 Å². The molecule has 0 saturated heterocycles. The molecule has 0 radical (unpaired) electrons. The Kier molecular flexibility index (Phi) is 5.74. The zero-order valence-corrected chi connectivity index (χ0v) is 9.16. The van der Waals surface area contributed by atoms with Crippen LogP contribution in [0.25, 0.3) is 0 Å². The molecule has 0 aliphatic rings. The van der Waals surface area contributed by atoms with Gasteiger partial charge in [0.1, 0.15) is 6.04 Å². The molecule has 0 rings (SSSR count). The highest BCUT2D eigenvalue weighted by atomic mass is 19.4. The summed E-state index contributed by atoms with van der Waals surface area (Å²) in [4.78, 5) is 11.6. The standard InChI is InChI=1S/C9H16F3NO3/c1-6(2)7(8(15)16)13(3-4-14)5-9(10,11)12/h6-7,14H,3-5H2,1-2H3,(H,15,16). The van der Waals surface area contributed by atoms with Crippen LogP contribution in [-0.2, 0) is 4.79 Å². The number of halogens is 3. The molecule has 1 unspecified atom stereocenters. The summed E-state index contributed by atoms with van der Waals surface area (Å²) in [7, 11) is 0. The van der Waals surface area contributed by atoms with Crippen LogP contribution in [0, 0.1) is 5.92 Å². The van der Waals surface area contributed by atoms with E-state index in [-0.39, 0.29) is 6.54 Å². The predicted molar refractivity (Wildman–Crippen MR) is 51.0 cm³/mol. The van der Waals surface area contributed by atoms with E-state index in [0.29, 0.717) is 0 Å². The highest BCUT2D eigenvalue weighted by molar-refractivity contribution is 5.73. The minimum Gasteiger partial charge on any atom is -0.480 e. The minimum atomic E-state index is -4.47. The third-order valence-corrected chi connectivity index (χ3v) is 2.05. The van der Waals surface area contributed by atoms with Crippen LogP contribution in [0.1, 0.15) is 13.8 Å². The zero-order valence-electron chi connectivity index (χ0n) is 9.16. The van der Waals surface area contributed by atoms with Gasteiger partial charge in [0.25, 0.3) is 0 Å². The zero-order chi connectivity index (χ0) is 12.9. The van der Waals surface area contributed by atoms with Crippen molar-refractivity contribution >= 4 is 5.97 Å². The first kappa shape index (κ1) is 15.2. The van der Waals surface area contributed by atoms with Gasteiger partial charge in [-0.25, -0.2) is 0 Å². The molecular weight excluding hydrogens is 227 g/mol. The normalized spacial score (nSPS) is 14.5. The molecule has 0 aliphatic carbocycles. The lowest BCUT2D eigenvalue weighted by atomic mass is 10.0. The number of carboxylic acid groups (broad SMARTS) is 1. The molecular formula is C9H16F3NO3. The van der Waals surface area contributed by atoms with Gasteiger partial charge in [0.2, 0.25) is 0 Å². The van der Waals surface area contributed by atoms with E-state index >= 15 is 0 Å². The fraction of sp³-hybridized carbons (Fsp3) is 0.889. The summed E-state index contributed by atoms with van der Waals surface area (Å²) in [6.07, 6.45) is -4.47. The number of hydrogen-bond acceptors (Lipinski definition) is 3. The molecule has 16 heavy (non-hydrogen) atoms. The fourth-order valence-electron chi connectivity index (χ4n) is 1.54. The van der Waals surface area contributed by atoms with Gasteiger partial charge in [-0.1, -0.05) is 13.8 Å². The maximum Gasteiger partial charge on any atom is 0.401 e. The highest BCUT2D eigenvalue weighted by Gasteiger charge is 2.37. The van der Waals surface area contributed by atoms with Gasteiger partial charge in [-0.3, -0.25) is 9.69 Å². The Morgan fingerprint density at radius 3 is 2.12 bits per heavy atom. The molecule has 0 bridgehead atoms. The minimum absolute atomic E-state index is 0.311. The van der Waals surface area contributed by atoms with Crippen LogP contribution in [0.5, 0.6) is 0 Å². The van der Waals surface area contributed by atoms with Gasteiger partial charge in [-0.05, 0) is 5.92 Å². The summed E-state index contributed by atoms with van der Waals surface area (Å²) >= 11 is 0. The monoisotopic (exact) mass is 243 g/mol. The van der Waals surface area contributed by atoms with Crippen molar-refractivity contribution in [2.45, 2.75) is 26.1 Å². The van der Waals surface area contributed by atoms with E-state index in [2.05, 4.69) is 0 Å². The van der Waals surface area contributed by atoms with E-state index in [1.165, 1.54) is 13.8 Å². The van der Waals surface area contributed by atoms with Crippen molar-refractivity contribution in [3.05, 3.63) is 0 Å². The largest absolute Gasteiger partial charge is 0.480 e. The summed E-state index contributed by atoms with van der Waals surface area (Å²) in [5.74, 6) is -1.78. The molecule has 7 heteroatoms. The van der Waals surface area contributed by atoms with E-state index < -0.39 is 37.3 Å². The van der Waals surface area contributed by atoms with Crippen molar-refractivity contribution in [1.82, 2.24) is 4.90 Å². The molecule has 0 amide bonds. The van der Waals surface area contributed by atoms with Crippen molar-refractivity contribution < 1.29 is 28.2 Å². The summed E-state index contributed by atoms with van der Waals surface area (Å²) in [6.45, 7) is 0.906. The van der Waals surface area contributed by atoms with Crippen LogP contribution in [-0.4, -0.2) is 53.0 Å². The molecule has 4 nitrogen and oxygen atoms in total. The number of carbonyl (C=O) groups is 1. The van der Waals surface area contributed by atoms with Crippen LogP contribution in [0.2, 0.25) is 0 Å². The second-order valence-corrected chi connectivity index (χ2v) is 3.84. The smallest absolute Gasteiger partial charge is 0.401 e. The number of aliphatic hydroxyl groups excluding tert-OH is 1. The van der Waals surface area contributed by atoms with Crippen molar-refractivity contribution in [2.24, 2.45) is 5.92 Å². The summed E-state index contributed by atoms with van der Waals surface area (Å²) in [5.41, 5.74) is 0. The third-order valence-electron chi connectivity index (χ3n) is 2.05. The van der Waals surface area contributed by atoms with Gasteiger partial charge in [0.05, 0.1) is 13.2 Å². The molecule has 0 heterocycles. The number of alkyl halides is 3. The van der Waals surface area contributed by atoms with E-state index in [1.807, 2.05) is 0 Å². The third kappa shape index (κ3) is 5.32. The lowest BCUT2D eigenvalue weighted by molar-refractivity contribution is -0.165. The lowest BCUT2D eigenvalue weighted by Crippen LogP contribution is -2.49. The summed E-state index contributed by atoms with van der Waals surface area (Å²) < 4.78 is 36.6. The first-order valence-electron chi connectivity index (χ1n) is 4.83. The van der Waals surface area contributed by atoms with Crippen molar-refractivity contribution in [3.63, 3.8) is 0 Å². The quantitative estimate of drug-likeness (QED) is 0.729. The van der Waals surface area contributed by atoms with Crippen LogP contribution in [0.3, 0.4) is 0 Å². The topological polar surface area (TPSA) is 60.8 Å². The molecule has 0 aromatic heterocycles. The number of aliphatic hydroxyl groups is 1. The van der Waals surface area contributed by atoms with Gasteiger partial charge in [0.15, 0.2) is 0 Å². The second kappa shape index (κ2) is 6.05. The molecule has 0 aromatic rings. The number of carboxylic acids is 1. The van der Waals surface area contributed by atoms with Crippen LogP contribution in [0.15, 0.2) is 0 Å². The van der Waals surface area contributed by atoms with Crippen molar-refractivity contribution in [1.29, 1.82) is 0 Å². The fourth-order valence-corrected chi connectivity index (χ4v) is 1.54. The average molecular weight is 243 g/mol. The van der Waals surface area contributed by atoms with Crippen molar-refractivity contribution in [3.8, 4) is 0 Å². The Labute approximate surface area is 91.7 Å². The van der Waals surface area contributed by atoms with Gasteiger partial charge < -0.3 is 10.2 Å². The Morgan fingerprint density at radius 2 is 1.88 bits per heavy atom. The highest BCUT2D eigenvalue weighted by Crippen LogP contribution is 2.20. The van der Waals surface area contributed by atoms with Gasteiger partial charge in [0, 0.05) is 6.54 Å². The lowest BCUT2D eigenvalue weighted by Gasteiger charge is -2.31. The van der Waals surface area contributed by atoms with Crippen LogP contribution < -0.4 is 0 Å². The molecule has 0 aliphatic heterocycles. The van der Waals surface area contributed by atoms with E-state index in [9.17, 15) is 18.0 Å². The molecule has 0 saturated carbocycles. The molecule has 96 valence electrons. The number of nitrogens with zero attached hydrogens (tertiary/aromatic N) is 1. The summed E-state index contributed by atoms with van der Waals surface area (Å²) in [6, 6.07) is -1.24. The Balaban J connectivity index is 4.78. The van der Waals surface area contributed by atoms with E-state index in [1.54, 1.807) is 0 Å². The molecule has 2 N–H and O–H groups in total. The maximum atomic E-state index is 12.2. The van der Waals surface area contributed by atoms with Crippen LogP contribution >= 0.6 is 0 Å². The number of aliphatic carboxylic acids is 1. The summed E-state index contributed by atoms with van der Waals surface area (Å²) in [5, 5.41) is 17.5. The molecule has 0 aromatic carbocycles. The Morgan fingerprint density at radius 1 is 1.38 bits per heavy atom. The average Bonchev–Trinajstić information content (AvgIpc) is 1.99. The van der Waals surface area contributed by atoms with Gasteiger partial charge in [-0.2, -0.15) is 13.2 Å². The van der Waals surface area contributed by atoms with E-state index in [0.717, 1.165) is 4.90 Å². The van der Waals surface area contributed by atoms with Crippen molar-refractivity contribution in [2.75, 3.05) is 19.7 Å². The second-order valence-electron chi connectivity index (χ2n) is 3.84. The van der Waals surface area contributed by atoms with Gasteiger partial charge >= 0.3 is 12.1 Å². The molecule has 0 spiro atoms. The Bertz CT molecular complexity index is 231. The molecule has 0 fully saturated rings. The Hall–Kier alpha value is -0.820. The number of rotatable bonds is 6. The predicted octanol–water partition coefficient (Wildman–Crippen LogP) is 0.952. The first-order valence-corrected chi connectivity index (χ1v) is 4.83.